The summed E-state index contributed by atoms with van der Waals surface area (Å²) in [5.41, 5.74) is 0.654. The van der Waals surface area contributed by atoms with Crippen LogP contribution in [0.25, 0.3) is 0 Å². The normalized spacial score (nSPS) is 9.22. The lowest BCUT2D eigenvalue weighted by atomic mass is 10.1. The zero-order valence-corrected chi connectivity index (χ0v) is 10.8. The molecule has 1 rings (SSSR count). The van der Waals surface area contributed by atoms with Crippen LogP contribution in [0.1, 0.15) is 22.8 Å². The molecule has 0 saturated heterocycles. The van der Waals surface area contributed by atoms with Crippen LogP contribution < -0.4 is 0 Å². The van der Waals surface area contributed by atoms with Gasteiger partial charge in [-0.1, -0.05) is 23.6 Å². The summed E-state index contributed by atoms with van der Waals surface area (Å²) in [6.07, 6.45) is 0. The molecule has 1 N–H and O–H groups in total. The van der Waals surface area contributed by atoms with E-state index in [1.54, 1.807) is 0 Å². The van der Waals surface area contributed by atoms with E-state index in [0.717, 1.165) is 11.8 Å². The van der Waals surface area contributed by atoms with E-state index in [2.05, 4.69) is 16.6 Å². The highest BCUT2D eigenvalue weighted by Gasteiger charge is 2.07. The van der Waals surface area contributed by atoms with E-state index in [9.17, 15) is 14.7 Å². The minimum atomic E-state index is -0.490. The third-order valence-corrected chi connectivity index (χ3v) is 2.68. The summed E-state index contributed by atoms with van der Waals surface area (Å²) in [6, 6.07) is 4.29. The Morgan fingerprint density at radius 2 is 2.17 bits per heavy atom. The smallest absolute Gasteiger partial charge is 0.337 e. The SMILES string of the molecule is COC(=O)c1ccc(O)c(C#CCSC(C)=O)c1. The number of methoxy groups -OCH3 is 1. The van der Waals surface area contributed by atoms with Gasteiger partial charge in [0.2, 0.25) is 0 Å². The van der Waals surface area contributed by atoms with E-state index in [4.69, 9.17) is 0 Å². The van der Waals surface area contributed by atoms with Crippen LogP contribution >= 0.6 is 11.8 Å². The number of ether oxygens (including phenoxy) is 1. The first-order valence-electron chi connectivity index (χ1n) is 5.08. The number of benzene rings is 1. The number of aromatic hydroxyl groups is 1. The molecular formula is C13H12O4S. The predicted octanol–water partition coefficient (Wildman–Crippen LogP) is 1.81. The molecule has 0 unspecified atom stereocenters. The van der Waals surface area contributed by atoms with Crippen molar-refractivity contribution >= 4 is 22.8 Å². The average molecular weight is 264 g/mol. The number of hydrogen-bond donors (Lipinski definition) is 1. The summed E-state index contributed by atoms with van der Waals surface area (Å²) >= 11 is 1.09. The molecular weight excluding hydrogens is 252 g/mol. The first-order chi connectivity index (χ1) is 8.54. The van der Waals surface area contributed by atoms with Crippen molar-refractivity contribution in [2.24, 2.45) is 0 Å². The first kappa shape index (κ1) is 14.1. The predicted molar refractivity (Wildman–Crippen MR) is 69.5 cm³/mol. The Labute approximate surface area is 109 Å². The molecule has 94 valence electrons. The molecule has 1 aromatic carbocycles. The lowest BCUT2D eigenvalue weighted by Crippen LogP contribution is -2.01. The Hall–Kier alpha value is -1.93. The third-order valence-electron chi connectivity index (χ3n) is 1.99. The number of carbonyl (C=O) groups excluding carboxylic acids is 2. The maximum Gasteiger partial charge on any atom is 0.337 e. The Kier molecular flexibility index (Phi) is 5.28. The van der Waals surface area contributed by atoms with Gasteiger partial charge in [-0.3, -0.25) is 4.79 Å². The van der Waals surface area contributed by atoms with Crippen LogP contribution in [0.3, 0.4) is 0 Å². The van der Waals surface area contributed by atoms with E-state index < -0.39 is 5.97 Å². The van der Waals surface area contributed by atoms with E-state index in [1.807, 2.05) is 0 Å². The van der Waals surface area contributed by atoms with Gasteiger partial charge in [-0.25, -0.2) is 4.79 Å². The fourth-order valence-electron chi connectivity index (χ4n) is 1.15. The van der Waals surface area contributed by atoms with Gasteiger partial charge in [-0.2, -0.15) is 0 Å². The van der Waals surface area contributed by atoms with E-state index in [1.165, 1.54) is 32.2 Å². The molecule has 0 saturated carbocycles. The highest BCUT2D eigenvalue weighted by molar-refractivity contribution is 8.13. The topological polar surface area (TPSA) is 63.6 Å². The maximum atomic E-state index is 11.3. The second kappa shape index (κ2) is 6.72. The van der Waals surface area contributed by atoms with Gasteiger partial charge in [-0.05, 0) is 18.2 Å². The zero-order valence-electron chi connectivity index (χ0n) is 10.0. The quantitative estimate of drug-likeness (QED) is 0.652. The minimum absolute atomic E-state index is 0.0111. The Balaban J connectivity index is 2.87. The van der Waals surface area contributed by atoms with Gasteiger partial charge in [0.25, 0.3) is 0 Å². The van der Waals surface area contributed by atoms with E-state index >= 15 is 0 Å². The van der Waals surface area contributed by atoms with Crippen LogP contribution in [0.2, 0.25) is 0 Å². The van der Waals surface area contributed by atoms with Crippen molar-refractivity contribution in [1.82, 2.24) is 0 Å². The fourth-order valence-corrected chi connectivity index (χ4v) is 1.50. The van der Waals surface area contributed by atoms with Crippen molar-refractivity contribution in [2.45, 2.75) is 6.92 Å². The lowest BCUT2D eigenvalue weighted by molar-refractivity contribution is -0.109. The standard InChI is InChI=1S/C13H12O4S/c1-9(14)18-7-3-4-10-8-11(13(16)17-2)5-6-12(10)15/h5-6,8,15H,7H2,1-2H3. The highest BCUT2D eigenvalue weighted by atomic mass is 32.2. The summed E-state index contributed by atoms with van der Waals surface area (Å²) in [4.78, 5) is 22.0. The third kappa shape index (κ3) is 4.15. The van der Waals surface area contributed by atoms with Crippen molar-refractivity contribution in [1.29, 1.82) is 0 Å². The Bertz CT molecular complexity index is 526. The van der Waals surface area contributed by atoms with Crippen molar-refractivity contribution in [2.75, 3.05) is 12.9 Å². The van der Waals surface area contributed by atoms with Gasteiger partial charge < -0.3 is 9.84 Å². The summed E-state index contributed by atoms with van der Waals surface area (Å²) in [7, 11) is 1.28. The van der Waals surface area contributed by atoms with Crippen molar-refractivity contribution in [3.05, 3.63) is 29.3 Å². The average Bonchev–Trinajstić information content (AvgIpc) is 2.35. The number of carbonyl (C=O) groups is 2. The molecule has 4 nitrogen and oxygen atoms in total. The summed E-state index contributed by atoms with van der Waals surface area (Å²) in [5, 5.41) is 9.55. The van der Waals surface area contributed by atoms with Crippen LogP contribution in [-0.4, -0.2) is 29.1 Å². The second-order valence-corrected chi connectivity index (χ2v) is 4.46. The van der Waals surface area contributed by atoms with Crippen LogP contribution in [0, 0.1) is 11.8 Å². The van der Waals surface area contributed by atoms with E-state index in [0.29, 0.717) is 16.9 Å². The van der Waals surface area contributed by atoms with Gasteiger partial charge in [0.05, 0.1) is 24.0 Å². The van der Waals surface area contributed by atoms with Crippen molar-refractivity contribution in [3.8, 4) is 17.6 Å². The number of esters is 1. The fraction of sp³-hybridized carbons (Fsp3) is 0.231. The van der Waals surface area contributed by atoms with Gasteiger partial charge in [0.15, 0.2) is 5.12 Å². The number of rotatable bonds is 2. The van der Waals surface area contributed by atoms with Gasteiger partial charge >= 0.3 is 5.97 Å². The van der Waals surface area contributed by atoms with Gasteiger partial charge in [0.1, 0.15) is 5.75 Å². The molecule has 5 heteroatoms. The number of phenolic OH excluding ortho intramolecular Hbond substituents is 1. The minimum Gasteiger partial charge on any atom is -0.507 e. The van der Waals surface area contributed by atoms with Crippen molar-refractivity contribution in [3.63, 3.8) is 0 Å². The molecule has 0 aromatic heterocycles. The molecule has 0 aliphatic heterocycles. The number of phenols is 1. The Morgan fingerprint density at radius 3 is 2.78 bits per heavy atom. The highest BCUT2D eigenvalue weighted by Crippen LogP contribution is 2.18. The maximum absolute atomic E-state index is 11.3. The molecule has 0 spiro atoms. The first-order valence-corrected chi connectivity index (χ1v) is 6.06. The van der Waals surface area contributed by atoms with E-state index in [-0.39, 0.29) is 10.9 Å². The molecule has 1 aromatic rings. The lowest BCUT2D eigenvalue weighted by Gasteiger charge is -2.01. The monoisotopic (exact) mass is 264 g/mol. The van der Waals surface area contributed by atoms with Crippen LogP contribution in [0.5, 0.6) is 5.75 Å². The molecule has 0 heterocycles. The molecule has 0 atom stereocenters. The Morgan fingerprint density at radius 1 is 1.44 bits per heavy atom. The summed E-state index contributed by atoms with van der Waals surface area (Å²) in [5.74, 6) is 5.29. The largest absolute Gasteiger partial charge is 0.507 e. The molecule has 0 amide bonds. The van der Waals surface area contributed by atoms with Crippen molar-refractivity contribution < 1.29 is 19.4 Å². The van der Waals surface area contributed by atoms with Crippen LogP contribution in [0.15, 0.2) is 18.2 Å². The molecule has 18 heavy (non-hydrogen) atoms. The molecule has 0 aliphatic carbocycles. The number of hydrogen-bond acceptors (Lipinski definition) is 5. The molecule has 0 aliphatic rings. The summed E-state index contributed by atoms with van der Waals surface area (Å²) < 4.78 is 4.57. The number of thioether (sulfide) groups is 1. The van der Waals surface area contributed by atoms with Gasteiger partial charge in [-0.15, -0.1) is 0 Å². The molecule has 0 radical (unpaired) electrons. The second-order valence-electron chi connectivity index (χ2n) is 3.31. The summed E-state index contributed by atoms with van der Waals surface area (Å²) in [6.45, 7) is 1.46. The van der Waals surface area contributed by atoms with Crippen LogP contribution in [0.4, 0.5) is 0 Å². The van der Waals surface area contributed by atoms with Crippen LogP contribution in [-0.2, 0) is 9.53 Å². The molecule has 0 fully saturated rings. The zero-order chi connectivity index (χ0) is 13.5. The molecule has 0 bridgehead atoms. The van der Waals surface area contributed by atoms with Gasteiger partial charge in [0, 0.05) is 6.92 Å².